The van der Waals surface area contributed by atoms with Gasteiger partial charge in [0.05, 0.1) is 35.9 Å². The van der Waals surface area contributed by atoms with Crippen LogP contribution in [-0.2, 0) is 0 Å². The molecule has 0 saturated heterocycles. The van der Waals surface area contributed by atoms with Gasteiger partial charge in [0.2, 0.25) is 0 Å². The minimum atomic E-state index is 0.654. The van der Waals surface area contributed by atoms with Gasteiger partial charge in [-0.25, -0.2) is 0 Å². The van der Waals surface area contributed by atoms with Gasteiger partial charge in [0, 0.05) is 9.86 Å². The van der Waals surface area contributed by atoms with Gasteiger partial charge in [-0.3, -0.25) is 5.10 Å². The lowest BCUT2D eigenvalue weighted by atomic mass is 10.2. The van der Waals surface area contributed by atoms with E-state index in [-0.39, 0.29) is 0 Å². The highest BCUT2D eigenvalue weighted by Gasteiger charge is 2.08. The molecule has 0 unspecified atom stereocenters. The van der Waals surface area contributed by atoms with E-state index in [1.54, 1.807) is 13.3 Å². The second-order valence-corrected chi connectivity index (χ2v) is 5.28. The molecular weight excluding hydrogens is 320 g/mol. The predicted molar refractivity (Wildman–Crippen MR) is 84.5 cm³/mol. The molecule has 0 aliphatic heterocycles. The Hall–Kier alpha value is -2.21. The summed E-state index contributed by atoms with van der Waals surface area (Å²) in [5.41, 5.74) is 9.29. The lowest BCUT2D eigenvalue weighted by molar-refractivity contribution is 0.417. The van der Waals surface area contributed by atoms with Gasteiger partial charge in [0.25, 0.3) is 0 Å². The minimum absolute atomic E-state index is 0.654. The Labute approximate surface area is 124 Å². The first-order chi connectivity index (χ1) is 9.67. The number of nitrogens with one attached hydrogen (secondary N) is 2. The van der Waals surface area contributed by atoms with Crippen LogP contribution in [0.3, 0.4) is 0 Å². The fourth-order valence-corrected chi connectivity index (χ4v) is 2.40. The standard InChI is InChI=1S/C14H13BrN4O/c1-20-14-3-2-9(15)5-13(14)18-12-6-11-8(4-10(12)16)7-17-19-11/h2-7,18H,16H2,1H3,(H,17,19). The van der Waals surface area contributed by atoms with Crippen LogP contribution < -0.4 is 15.8 Å². The van der Waals surface area contributed by atoms with E-state index in [4.69, 9.17) is 10.5 Å². The van der Waals surface area contributed by atoms with Crippen LogP contribution in [-0.4, -0.2) is 17.3 Å². The molecule has 20 heavy (non-hydrogen) atoms. The molecule has 0 fully saturated rings. The van der Waals surface area contributed by atoms with Crippen molar-refractivity contribution in [3.05, 3.63) is 41.0 Å². The molecule has 4 N–H and O–H groups in total. The van der Waals surface area contributed by atoms with E-state index in [0.29, 0.717) is 5.69 Å². The zero-order valence-corrected chi connectivity index (χ0v) is 12.4. The molecule has 0 saturated carbocycles. The van der Waals surface area contributed by atoms with Crippen molar-refractivity contribution >= 4 is 43.9 Å². The van der Waals surface area contributed by atoms with E-state index in [9.17, 15) is 0 Å². The number of nitrogen functional groups attached to an aromatic ring is 1. The van der Waals surface area contributed by atoms with Crippen LogP contribution in [0.25, 0.3) is 10.9 Å². The number of H-pyrrole nitrogens is 1. The molecule has 102 valence electrons. The summed E-state index contributed by atoms with van der Waals surface area (Å²) >= 11 is 3.45. The summed E-state index contributed by atoms with van der Waals surface area (Å²) < 4.78 is 6.30. The molecule has 1 heterocycles. The van der Waals surface area contributed by atoms with Crippen LogP contribution in [0, 0.1) is 0 Å². The highest BCUT2D eigenvalue weighted by Crippen LogP contribution is 2.33. The lowest BCUT2D eigenvalue weighted by Gasteiger charge is -2.13. The van der Waals surface area contributed by atoms with E-state index in [1.807, 2.05) is 30.3 Å². The average molecular weight is 333 g/mol. The number of anilines is 3. The number of hydrogen-bond donors (Lipinski definition) is 3. The van der Waals surface area contributed by atoms with E-state index in [0.717, 1.165) is 32.5 Å². The maximum Gasteiger partial charge on any atom is 0.142 e. The van der Waals surface area contributed by atoms with Crippen molar-refractivity contribution in [2.45, 2.75) is 0 Å². The summed E-state index contributed by atoms with van der Waals surface area (Å²) in [4.78, 5) is 0. The van der Waals surface area contributed by atoms with E-state index >= 15 is 0 Å². The second-order valence-electron chi connectivity index (χ2n) is 4.37. The Kier molecular flexibility index (Phi) is 3.23. The van der Waals surface area contributed by atoms with Gasteiger partial charge in [0.15, 0.2) is 0 Å². The number of fused-ring (bicyclic) bond motifs is 1. The van der Waals surface area contributed by atoms with Crippen molar-refractivity contribution in [3.8, 4) is 5.75 Å². The van der Waals surface area contributed by atoms with Gasteiger partial charge in [-0.1, -0.05) is 15.9 Å². The Balaban J connectivity index is 2.04. The summed E-state index contributed by atoms with van der Waals surface area (Å²) in [6, 6.07) is 9.56. The van der Waals surface area contributed by atoms with E-state index < -0.39 is 0 Å². The van der Waals surface area contributed by atoms with E-state index in [1.165, 1.54) is 0 Å². The molecule has 0 aliphatic rings. The number of aromatic nitrogens is 2. The molecule has 0 aliphatic carbocycles. The molecule has 0 spiro atoms. The van der Waals surface area contributed by atoms with Crippen LogP contribution in [0.1, 0.15) is 0 Å². The van der Waals surface area contributed by atoms with Crippen molar-refractivity contribution in [1.82, 2.24) is 10.2 Å². The van der Waals surface area contributed by atoms with Crippen molar-refractivity contribution in [1.29, 1.82) is 0 Å². The molecule has 3 aromatic rings. The molecule has 0 radical (unpaired) electrons. The van der Waals surface area contributed by atoms with Crippen LogP contribution in [0.5, 0.6) is 5.75 Å². The Morgan fingerprint density at radius 2 is 2.10 bits per heavy atom. The predicted octanol–water partition coefficient (Wildman–Crippen LogP) is 3.66. The first-order valence-corrected chi connectivity index (χ1v) is 6.80. The Bertz CT molecular complexity index is 769. The van der Waals surface area contributed by atoms with Crippen molar-refractivity contribution < 1.29 is 4.74 Å². The van der Waals surface area contributed by atoms with Gasteiger partial charge in [-0.15, -0.1) is 0 Å². The number of ether oxygens (including phenoxy) is 1. The first kappa shape index (κ1) is 12.8. The van der Waals surface area contributed by atoms with Crippen molar-refractivity contribution in [2.24, 2.45) is 0 Å². The topological polar surface area (TPSA) is 76.0 Å². The Morgan fingerprint density at radius 1 is 1.25 bits per heavy atom. The highest BCUT2D eigenvalue weighted by molar-refractivity contribution is 9.10. The number of hydrogen-bond acceptors (Lipinski definition) is 4. The summed E-state index contributed by atoms with van der Waals surface area (Å²) in [7, 11) is 1.63. The van der Waals surface area contributed by atoms with Crippen LogP contribution in [0.4, 0.5) is 17.1 Å². The third kappa shape index (κ3) is 2.30. The third-order valence-corrected chi connectivity index (χ3v) is 3.53. The monoisotopic (exact) mass is 332 g/mol. The third-order valence-electron chi connectivity index (χ3n) is 3.04. The molecule has 0 amide bonds. The van der Waals surface area contributed by atoms with Crippen molar-refractivity contribution in [2.75, 3.05) is 18.2 Å². The highest BCUT2D eigenvalue weighted by atomic mass is 79.9. The van der Waals surface area contributed by atoms with Crippen LogP contribution in [0.2, 0.25) is 0 Å². The van der Waals surface area contributed by atoms with Crippen molar-refractivity contribution in [3.63, 3.8) is 0 Å². The fraction of sp³-hybridized carbons (Fsp3) is 0.0714. The van der Waals surface area contributed by atoms with Gasteiger partial charge in [-0.05, 0) is 30.3 Å². The molecule has 6 heteroatoms. The quantitative estimate of drug-likeness (QED) is 0.640. The van der Waals surface area contributed by atoms with Gasteiger partial charge in [-0.2, -0.15) is 5.10 Å². The number of benzene rings is 2. The van der Waals surface area contributed by atoms with Gasteiger partial charge < -0.3 is 15.8 Å². The maximum absolute atomic E-state index is 6.07. The number of methoxy groups -OCH3 is 1. The number of halogens is 1. The van der Waals surface area contributed by atoms with E-state index in [2.05, 4.69) is 31.4 Å². The minimum Gasteiger partial charge on any atom is -0.495 e. The summed E-state index contributed by atoms with van der Waals surface area (Å²) in [6.45, 7) is 0. The Morgan fingerprint density at radius 3 is 2.90 bits per heavy atom. The smallest absolute Gasteiger partial charge is 0.142 e. The molecular formula is C14H13BrN4O. The number of rotatable bonds is 3. The molecule has 5 nitrogen and oxygen atoms in total. The van der Waals surface area contributed by atoms with Gasteiger partial charge >= 0.3 is 0 Å². The molecule has 2 aromatic carbocycles. The normalized spacial score (nSPS) is 10.7. The zero-order chi connectivity index (χ0) is 14.1. The summed E-state index contributed by atoms with van der Waals surface area (Å²) in [5.74, 6) is 0.748. The molecule has 0 bridgehead atoms. The van der Waals surface area contributed by atoms with Crippen LogP contribution in [0.15, 0.2) is 41.0 Å². The zero-order valence-electron chi connectivity index (χ0n) is 10.8. The van der Waals surface area contributed by atoms with Gasteiger partial charge in [0.1, 0.15) is 5.75 Å². The summed E-state index contributed by atoms with van der Waals surface area (Å²) in [6.07, 6.45) is 1.75. The number of nitrogens with zero attached hydrogens (tertiary/aromatic N) is 1. The molecule has 0 atom stereocenters. The SMILES string of the molecule is COc1ccc(Br)cc1Nc1cc2[nH]ncc2cc1N. The fourth-order valence-electron chi connectivity index (χ4n) is 2.04. The molecule has 3 rings (SSSR count). The largest absolute Gasteiger partial charge is 0.495 e. The second kappa shape index (κ2) is 5.05. The summed E-state index contributed by atoms with van der Waals surface area (Å²) in [5, 5.41) is 11.2. The molecule has 1 aromatic heterocycles. The van der Waals surface area contributed by atoms with Crippen LogP contribution >= 0.6 is 15.9 Å². The lowest BCUT2D eigenvalue weighted by Crippen LogP contribution is -1.98. The maximum atomic E-state index is 6.07. The number of nitrogens with two attached hydrogens (primary N) is 1. The number of aromatic amines is 1. The average Bonchev–Trinajstić information content (AvgIpc) is 2.86. The first-order valence-electron chi connectivity index (χ1n) is 6.00.